The average molecular weight is 233 g/mol. The molecule has 5 nitrogen and oxygen atoms in total. The molecule has 0 aromatic rings. The number of hydrogen-bond donors (Lipinski definition) is 1. The number of piperidine rings is 1. The van der Waals surface area contributed by atoms with Gasteiger partial charge in [0.2, 0.25) is 0 Å². The molecule has 0 saturated carbocycles. The van der Waals surface area contributed by atoms with E-state index in [2.05, 4.69) is 5.32 Å². The Balaban J connectivity index is 2.03. The van der Waals surface area contributed by atoms with E-state index in [1.165, 1.54) is 4.31 Å². The highest BCUT2D eigenvalue weighted by atomic mass is 32.2. The summed E-state index contributed by atoms with van der Waals surface area (Å²) in [7, 11) is -1.51. The SMILES string of the molecule is CN(C1CNC1)S(=O)(=O)N1CCCCC1. The lowest BCUT2D eigenvalue weighted by Crippen LogP contribution is -2.60. The quantitative estimate of drug-likeness (QED) is 0.723. The summed E-state index contributed by atoms with van der Waals surface area (Å²) in [4.78, 5) is 0. The van der Waals surface area contributed by atoms with Crippen LogP contribution in [0, 0.1) is 0 Å². The van der Waals surface area contributed by atoms with Crippen LogP contribution in [-0.4, -0.2) is 56.3 Å². The van der Waals surface area contributed by atoms with Gasteiger partial charge in [0, 0.05) is 33.2 Å². The smallest absolute Gasteiger partial charge is 0.282 e. The van der Waals surface area contributed by atoms with Crippen molar-refractivity contribution in [2.45, 2.75) is 25.3 Å². The normalized spacial score (nSPS) is 25.5. The van der Waals surface area contributed by atoms with Crippen LogP contribution in [0.5, 0.6) is 0 Å². The van der Waals surface area contributed by atoms with Crippen molar-refractivity contribution in [2.75, 3.05) is 33.2 Å². The summed E-state index contributed by atoms with van der Waals surface area (Å²) >= 11 is 0. The number of rotatable bonds is 3. The van der Waals surface area contributed by atoms with Crippen LogP contribution in [0.15, 0.2) is 0 Å². The van der Waals surface area contributed by atoms with Gasteiger partial charge >= 0.3 is 0 Å². The fourth-order valence-corrected chi connectivity index (χ4v) is 3.61. The number of hydrogen-bond acceptors (Lipinski definition) is 3. The molecule has 0 bridgehead atoms. The number of likely N-dealkylation sites (N-methyl/N-ethyl adjacent to an activating group) is 1. The van der Waals surface area contributed by atoms with Crippen LogP contribution in [-0.2, 0) is 10.2 Å². The van der Waals surface area contributed by atoms with Gasteiger partial charge in [-0.15, -0.1) is 0 Å². The van der Waals surface area contributed by atoms with Gasteiger partial charge < -0.3 is 5.32 Å². The van der Waals surface area contributed by atoms with E-state index in [0.29, 0.717) is 13.1 Å². The summed E-state index contributed by atoms with van der Waals surface area (Å²) in [6, 6.07) is 0.150. The van der Waals surface area contributed by atoms with Gasteiger partial charge in [0.05, 0.1) is 6.04 Å². The first-order valence-corrected chi connectivity index (χ1v) is 6.96. The fourth-order valence-electron chi connectivity index (χ4n) is 2.00. The van der Waals surface area contributed by atoms with Crippen molar-refractivity contribution in [1.29, 1.82) is 0 Å². The first kappa shape index (κ1) is 11.3. The van der Waals surface area contributed by atoms with E-state index in [-0.39, 0.29) is 6.04 Å². The fraction of sp³-hybridized carbons (Fsp3) is 1.00. The maximum Gasteiger partial charge on any atom is 0.282 e. The molecule has 2 aliphatic heterocycles. The summed E-state index contributed by atoms with van der Waals surface area (Å²) in [6.07, 6.45) is 3.15. The highest BCUT2D eigenvalue weighted by molar-refractivity contribution is 7.86. The van der Waals surface area contributed by atoms with Crippen molar-refractivity contribution < 1.29 is 8.42 Å². The van der Waals surface area contributed by atoms with Gasteiger partial charge in [0.1, 0.15) is 0 Å². The molecule has 6 heteroatoms. The predicted octanol–water partition coefficient (Wildman–Crippen LogP) is -0.379. The van der Waals surface area contributed by atoms with Crippen LogP contribution >= 0.6 is 0 Å². The van der Waals surface area contributed by atoms with E-state index in [1.807, 2.05) is 0 Å². The molecule has 2 saturated heterocycles. The minimum atomic E-state index is -3.20. The molecule has 0 amide bonds. The highest BCUT2D eigenvalue weighted by Gasteiger charge is 2.34. The minimum Gasteiger partial charge on any atom is -0.313 e. The Morgan fingerprint density at radius 2 is 1.80 bits per heavy atom. The van der Waals surface area contributed by atoms with E-state index < -0.39 is 10.2 Å². The van der Waals surface area contributed by atoms with Gasteiger partial charge in [-0.05, 0) is 12.8 Å². The van der Waals surface area contributed by atoms with Crippen LogP contribution < -0.4 is 5.32 Å². The van der Waals surface area contributed by atoms with E-state index in [4.69, 9.17) is 0 Å². The summed E-state index contributed by atoms with van der Waals surface area (Å²) in [5, 5.41) is 3.09. The Labute approximate surface area is 91.6 Å². The standard InChI is InChI=1S/C9H19N3O2S/c1-11(9-7-10-8-9)15(13,14)12-5-3-2-4-6-12/h9-10H,2-8H2,1H3. The second-order valence-corrected chi connectivity index (χ2v) is 6.28. The van der Waals surface area contributed by atoms with Crippen molar-refractivity contribution in [3.05, 3.63) is 0 Å². The molecule has 0 spiro atoms. The Morgan fingerprint density at radius 1 is 1.20 bits per heavy atom. The molecule has 2 fully saturated rings. The van der Waals surface area contributed by atoms with E-state index in [9.17, 15) is 8.42 Å². The third-order valence-corrected chi connectivity index (χ3v) is 5.32. The van der Waals surface area contributed by atoms with Crippen LogP contribution in [0.3, 0.4) is 0 Å². The van der Waals surface area contributed by atoms with Crippen molar-refractivity contribution in [2.24, 2.45) is 0 Å². The lowest BCUT2D eigenvalue weighted by molar-refractivity contribution is 0.243. The van der Waals surface area contributed by atoms with Crippen molar-refractivity contribution >= 4 is 10.2 Å². The second-order valence-electron chi connectivity index (χ2n) is 4.30. The minimum absolute atomic E-state index is 0.150. The molecule has 1 N–H and O–H groups in total. The molecule has 0 aromatic carbocycles. The van der Waals surface area contributed by atoms with Gasteiger partial charge in [-0.25, -0.2) is 0 Å². The molecule has 0 unspecified atom stereocenters. The molecule has 88 valence electrons. The van der Waals surface area contributed by atoms with Gasteiger partial charge in [0.15, 0.2) is 0 Å². The van der Waals surface area contributed by atoms with Crippen molar-refractivity contribution in [3.63, 3.8) is 0 Å². The molecule has 0 atom stereocenters. The van der Waals surface area contributed by atoms with Crippen LogP contribution in [0.2, 0.25) is 0 Å². The summed E-state index contributed by atoms with van der Waals surface area (Å²) in [6.45, 7) is 2.94. The molecule has 15 heavy (non-hydrogen) atoms. The van der Waals surface area contributed by atoms with Crippen molar-refractivity contribution in [1.82, 2.24) is 13.9 Å². The Bertz CT molecular complexity index is 299. The zero-order valence-electron chi connectivity index (χ0n) is 9.15. The van der Waals surface area contributed by atoms with E-state index in [0.717, 1.165) is 32.4 Å². The van der Waals surface area contributed by atoms with Gasteiger partial charge in [-0.2, -0.15) is 17.0 Å². The zero-order valence-corrected chi connectivity index (χ0v) is 9.96. The van der Waals surface area contributed by atoms with E-state index in [1.54, 1.807) is 11.4 Å². The number of nitrogens with one attached hydrogen (secondary N) is 1. The van der Waals surface area contributed by atoms with Gasteiger partial charge in [-0.1, -0.05) is 6.42 Å². The molecule has 2 heterocycles. The first-order valence-electron chi connectivity index (χ1n) is 5.56. The maximum atomic E-state index is 12.1. The van der Waals surface area contributed by atoms with Gasteiger partial charge in [0.25, 0.3) is 10.2 Å². The molecule has 0 aliphatic carbocycles. The van der Waals surface area contributed by atoms with Crippen LogP contribution in [0.1, 0.15) is 19.3 Å². The predicted molar refractivity (Wildman–Crippen MR) is 58.8 cm³/mol. The Hall–Kier alpha value is -0.170. The monoisotopic (exact) mass is 233 g/mol. The lowest BCUT2D eigenvalue weighted by Gasteiger charge is -2.38. The molecule has 0 radical (unpaired) electrons. The third kappa shape index (κ3) is 2.18. The van der Waals surface area contributed by atoms with Crippen LogP contribution in [0.25, 0.3) is 0 Å². The molecule has 2 rings (SSSR count). The number of nitrogens with zero attached hydrogens (tertiary/aromatic N) is 2. The lowest BCUT2D eigenvalue weighted by atomic mass is 10.2. The Morgan fingerprint density at radius 3 is 2.27 bits per heavy atom. The molecule has 2 aliphatic rings. The zero-order chi connectivity index (χ0) is 10.9. The topological polar surface area (TPSA) is 52.7 Å². The van der Waals surface area contributed by atoms with Crippen LogP contribution in [0.4, 0.5) is 0 Å². The highest BCUT2D eigenvalue weighted by Crippen LogP contribution is 2.18. The first-order chi connectivity index (χ1) is 7.12. The molecular formula is C9H19N3O2S. The molecule has 0 aromatic heterocycles. The van der Waals surface area contributed by atoms with E-state index >= 15 is 0 Å². The maximum absolute atomic E-state index is 12.1. The average Bonchev–Trinajstić information content (AvgIpc) is 2.16. The van der Waals surface area contributed by atoms with Gasteiger partial charge in [-0.3, -0.25) is 0 Å². The second kappa shape index (κ2) is 4.37. The molecular weight excluding hydrogens is 214 g/mol. The largest absolute Gasteiger partial charge is 0.313 e. The van der Waals surface area contributed by atoms with Crippen molar-refractivity contribution in [3.8, 4) is 0 Å². The summed E-state index contributed by atoms with van der Waals surface area (Å²) in [5.74, 6) is 0. The summed E-state index contributed by atoms with van der Waals surface area (Å²) < 4.78 is 27.4. The summed E-state index contributed by atoms with van der Waals surface area (Å²) in [5.41, 5.74) is 0. The third-order valence-electron chi connectivity index (χ3n) is 3.28. The Kier molecular flexibility index (Phi) is 3.30.